The molecule has 1 nitrogen and oxygen atoms in total. The van der Waals surface area contributed by atoms with Crippen LogP contribution in [0.5, 0.6) is 0 Å². The van der Waals surface area contributed by atoms with Gasteiger partial charge in [-0.15, -0.1) is 0 Å². The normalized spacial score (nSPS) is 21.1. The Balaban J connectivity index is 2.10. The molecule has 1 aliphatic carbocycles. The topological polar surface area (TPSA) is 26.0 Å². The molecule has 1 aromatic carbocycles. The monoisotopic (exact) mass is 173 g/mol. The molecule has 0 heterocycles. The molecule has 13 heavy (non-hydrogen) atoms. The highest BCUT2D eigenvalue weighted by Gasteiger charge is 2.17. The maximum absolute atomic E-state index is 5.71. The Kier molecular flexibility index (Phi) is 2.19. The minimum Gasteiger partial charge on any atom is -0.327 e. The summed E-state index contributed by atoms with van der Waals surface area (Å²) in [5, 5.41) is 0. The molecule has 1 saturated carbocycles. The zero-order chi connectivity index (χ0) is 9.26. The number of hydrogen-bond acceptors (Lipinski definition) is 1. The van der Waals surface area contributed by atoms with Gasteiger partial charge in [0.15, 0.2) is 0 Å². The van der Waals surface area contributed by atoms with Crippen LogP contribution in [0.4, 0.5) is 0 Å². The molecule has 0 amide bonds. The Morgan fingerprint density at radius 2 is 1.85 bits per heavy atom. The lowest BCUT2D eigenvalue weighted by Crippen LogP contribution is -2.29. The van der Waals surface area contributed by atoms with E-state index in [1.807, 2.05) is 0 Å². The van der Waals surface area contributed by atoms with Gasteiger partial charge in [-0.1, -0.05) is 41.5 Å². The second-order valence-corrected chi connectivity index (χ2v) is 3.88. The quantitative estimate of drug-likeness (QED) is 0.693. The van der Waals surface area contributed by atoms with E-state index in [9.17, 15) is 0 Å². The summed E-state index contributed by atoms with van der Waals surface area (Å²) >= 11 is 0. The fourth-order valence-corrected chi connectivity index (χ4v) is 1.63. The first kappa shape index (κ1) is 8.52. The van der Waals surface area contributed by atoms with Crippen molar-refractivity contribution in [2.75, 3.05) is 0 Å². The predicted octanol–water partition coefficient (Wildman–Crippen LogP) is 2.50. The van der Waals surface area contributed by atoms with E-state index < -0.39 is 0 Å². The second kappa shape index (κ2) is 3.35. The van der Waals surface area contributed by atoms with Crippen molar-refractivity contribution in [2.24, 2.45) is 5.73 Å². The average Bonchev–Trinajstić information content (AvgIpc) is 2.06. The molecule has 2 rings (SSSR count). The average molecular weight is 173 g/mol. The Morgan fingerprint density at radius 3 is 2.38 bits per heavy atom. The van der Waals surface area contributed by atoms with Gasteiger partial charge in [-0.05, 0) is 25.3 Å². The maximum Gasteiger partial charge on any atom is 0.0114 e. The summed E-state index contributed by atoms with van der Waals surface area (Å²) in [6, 6.07) is 9.02. The van der Waals surface area contributed by atoms with Gasteiger partial charge in [-0.25, -0.2) is 0 Å². The summed E-state index contributed by atoms with van der Waals surface area (Å²) < 4.78 is 0. The summed E-state index contributed by atoms with van der Waals surface area (Å²) in [6.45, 7) is 2.11. The van der Waals surface area contributed by atoms with Crippen molar-refractivity contribution < 1.29 is 0 Å². The molecule has 1 fully saturated rings. The van der Waals surface area contributed by atoms with Crippen LogP contribution >= 0.6 is 0 Å². The largest absolute Gasteiger partial charge is 0.327 e. The van der Waals surface area contributed by atoms with Gasteiger partial charge in [0, 0.05) is 6.04 Å². The molecule has 1 aliphatic rings. The van der Waals surface area contributed by atoms with Crippen LogP contribution in [0.2, 0.25) is 0 Å². The number of hydrogen-bond donors (Lipinski definition) is 1. The Bertz CT molecular complexity index is 313. The van der Waals surface area contributed by atoms with Gasteiger partial charge in [0.05, 0.1) is 0 Å². The first-order chi connectivity index (χ1) is 6.24. The molecule has 1 aromatic rings. The Morgan fingerprint density at radius 1 is 1.23 bits per heavy atom. The van der Waals surface area contributed by atoms with Gasteiger partial charge in [0.25, 0.3) is 0 Å². The Labute approximate surface area is 79.3 Å². The van der Waals surface area contributed by atoms with E-state index in [1.165, 1.54) is 16.7 Å². The molecule has 0 aromatic heterocycles. The van der Waals surface area contributed by atoms with Crippen LogP contribution in [-0.4, -0.2) is 6.04 Å². The second-order valence-electron chi connectivity index (χ2n) is 3.88. The van der Waals surface area contributed by atoms with Crippen molar-refractivity contribution in [3.05, 3.63) is 41.0 Å². The Hall–Kier alpha value is -1.08. The maximum atomic E-state index is 5.71. The first-order valence-corrected chi connectivity index (χ1v) is 4.76. The summed E-state index contributed by atoms with van der Waals surface area (Å²) in [7, 11) is 0. The third-order valence-electron chi connectivity index (χ3n) is 2.50. The first-order valence-electron chi connectivity index (χ1n) is 4.76. The standard InChI is InChI=1S/C12H15N/c1-9-2-4-10(5-3-9)6-11-7-12(13)8-11/h2-6,12H,7-8,13H2,1H3. The molecule has 1 heteroatoms. The highest BCUT2D eigenvalue weighted by molar-refractivity contribution is 5.55. The van der Waals surface area contributed by atoms with Crippen molar-refractivity contribution in [3.63, 3.8) is 0 Å². The van der Waals surface area contributed by atoms with E-state index in [1.54, 1.807) is 0 Å². The summed E-state index contributed by atoms with van der Waals surface area (Å²) in [5.41, 5.74) is 9.80. The van der Waals surface area contributed by atoms with Gasteiger partial charge in [0.1, 0.15) is 0 Å². The molecular weight excluding hydrogens is 158 g/mol. The number of benzene rings is 1. The van der Waals surface area contributed by atoms with E-state index in [4.69, 9.17) is 5.73 Å². The third-order valence-corrected chi connectivity index (χ3v) is 2.50. The molecule has 0 aliphatic heterocycles. The van der Waals surface area contributed by atoms with E-state index in [0.29, 0.717) is 6.04 Å². The fraction of sp³-hybridized carbons (Fsp3) is 0.333. The van der Waals surface area contributed by atoms with Gasteiger partial charge in [-0.2, -0.15) is 0 Å². The highest BCUT2D eigenvalue weighted by atomic mass is 14.7. The molecule has 0 bridgehead atoms. The zero-order valence-electron chi connectivity index (χ0n) is 7.96. The van der Waals surface area contributed by atoms with E-state index in [2.05, 4.69) is 37.3 Å². The number of nitrogens with two attached hydrogens (primary N) is 1. The van der Waals surface area contributed by atoms with Crippen molar-refractivity contribution in [1.82, 2.24) is 0 Å². The van der Waals surface area contributed by atoms with Gasteiger partial charge in [-0.3, -0.25) is 0 Å². The number of rotatable bonds is 1. The van der Waals surface area contributed by atoms with Crippen molar-refractivity contribution in [1.29, 1.82) is 0 Å². The molecule has 68 valence electrons. The van der Waals surface area contributed by atoms with Gasteiger partial charge in [0.2, 0.25) is 0 Å². The third kappa shape index (κ3) is 1.99. The summed E-state index contributed by atoms with van der Waals surface area (Å²) in [4.78, 5) is 0. The SMILES string of the molecule is Cc1ccc(C=C2CC(N)C2)cc1. The van der Waals surface area contributed by atoms with Crippen molar-refractivity contribution in [2.45, 2.75) is 25.8 Å². The van der Waals surface area contributed by atoms with Crippen LogP contribution in [0.3, 0.4) is 0 Å². The minimum absolute atomic E-state index is 0.414. The van der Waals surface area contributed by atoms with E-state index in [0.717, 1.165) is 12.8 Å². The minimum atomic E-state index is 0.414. The molecule has 2 N–H and O–H groups in total. The fourth-order valence-electron chi connectivity index (χ4n) is 1.63. The van der Waals surface area contributed by atoms with Crippen LogP contribution < -0.4 is 5.73 Å². The van der Waals surface area contributed by atoms with Crippen LogP contribution in [-0.2, 0) is 0 Å². The van der Waals surface area contributed by atoms with Gasteiger partial charge >= 0.3 is 0 Å². The molecule has 0 radical (unpaired) electrons. The lowest BCUT2D eigenvalue weighted by atomic mass is 9.86. The van der Waals surface area contributed by atoms with E-state index in [-0.39, 0.29) is 0 Å². The molecule has 0 spiro atoms. The lowest BCUT2D eigenvalue weighted by Gasteiger charge is -2.25. The van der Waals surface area contributed by atoms with E-state index >= 15 is 0 Å². The van der Waals surface area contributed by atoms with Crippen molar-refractivity contribution in [3.8, 4) is 0 Å². The molecule has 0 saturated heterocycles. The van der Waals surface area contributed by atoms with Crippen molar-refractivity contribution >= 4 is 6.08 Å². The van der Waals surface area contributed by atoms with Crippen LogP contribution in [0.25, 0.3) is 6.08 Å². The summed E-state index contributed by atoms with van der Waals surface area (Å²) in [6.07, 6.45) is 4.41. The van der Waals surface area contributed by atoms with Gasteiger partial charge < -0.3 is 5.73 Å². The highest BCUT2D eigenvalue weighted by Crippen LogP contribution is 2.26. The zero-order valence-corrected chi connectivity index (χ0v) is 7.96. The smallest absolute Gasteiger partial charge is 0.0114 e. The summed E-state index contributed by atoms with van der Waals surface area (Å²) in [5.74, 6) is 0. The number of aryl methyl sites for hydroxylation is 1. The lowest BCUT2D eigenvalue weighted by molar-refractivity contribution is 0.547. The van der Waals surface area contributed by atoms with Crippen LogP contribution in [0.1, 0.15) is 24.0 Å². The molecule has 0 atom stereocenters. The predicted molar refractivity (Wildman–Crippen MR) is 56.4 cm³/mol. The van der Waals surface area contributed by atoms with Crippen LogP contribution in [0, 0.1) is 6.92 Å². The van der Waals surface area contributed by atoms with Crippen LogP contribution in [0.15, 0.2) is 29.8 Å². The molecule has 0 unspecified atom stereocenters. The molecular formula is C12H15N.